The van der Waals surface area contributed by atoms with E-state index in [9.17, 15) is 18.4 Å². The van der Waals surface area contributed by atoms with E-state index >= 15 is 0 Å². The van der Waals surface area contributed by atoms with Gasteiger partial charge in [0.1, 0.15) is 16.6 Å². The first kappa shape index (κ1) is 29.7. The van der Waals surface area contributed by atoms with Crippen molar-refractivity contribution in [1.82, 2.24) is 0 Å². The quantitative estimate of drug-likeness (QED) is 0.137. The SMILES string of the molecule is Cc1cc(C)c(N2c3ccc(C)cc3C3(c4ccccc4-c4ccccc43)c3cc(C=C4C(=O)c5c(F)ccc(F)c5C4=O)sc32)c(C)c1. The molecule has 49 heavy (non-hydrogen) atoms. The van der Waals surface area contributed by atoms with Crippen LogP contribution in [-0.2, 0) is 5.41 Å². The molecule has 2 heterocycles. The summed E-state index contributed by atoms with van der Waals surface area (Å²) in [6.07, 6.45) is 1.52. The molecule has 0 saturated carbocycles. The topological polar surface area (TPSA) is 37.4 Å². The molecule has 0 amide bonds. The highest BCUT2D eigenvalue weighted by atomic mass is 32.1. The van der Waals surface area contributed by atoms with Crippen LogP contribution in [-0.4, -0.2) is 11.6 Å². The molecule has 1 spiro atoms. The Labute approximate surface area is 286 Å². The van der Waals surface area contributed by atoms with Gasteiger partial charge in [0.05, 0.1) is 33.5 Å². The second kappa shape index (κ2) is 10.3. The minimum absolute atomic E-state index is 0.235. The first-order chi connectivity index (χ1) is 23.6. The third-order valence-electron chi connectivity index (χ3n) is 10.3. The molecular weight excluding hydrogens is 633 g/mol. The molecule has 0 saturated heterocycles. The monoisotopic (exact) mass is 661 g/mol. The summed E-state index contributed by atoms with van der Waals surface area (Å²) in [7, 11) is 0. The van der Waals surface area contributed by atoms with Crippen molar-refractivity contribution in [3.63, 3.8) is 0 Å². The molecule has 0 fully saturated rings. The Kier molecular flexibility index (Phi) is 6.22. The third-order valence-corrected chi connectivity index (χ3v) is 11.3. The standard InChI is InChI=1S/C43H29F2NO2S/c1-22-13-16-36-32(19-22)43(30-11-7-5-9-27(30)28-10-6-8-12-31(28)43)33-21-26(49-42(33)46(36)39-24(3)17-23(2)18-25(39)4)20-29-40(47)37-34(44)14-15-35(45)38(37)41(29)48/h5-21H,1-4H3. The molecule has 238 valence electrons. The first-order valence-corrected chi connectivity index (χ1v) is 17.0. The summed E-state index contributed by atoms with van der Waals surface area (Å²) in [4.78, 5) is 30.0. The van der Waals surface area contributed by atoms with Crippen LogP contribution in [0.2, 0.25) is 0 Å². The van der Waals surface area contributed by atoms with Crippen LogP contribution in [0.3, 0.4) is 0 Å². The van der Waals surface area contributed by atoms with Gasteiger partial charge < -0.3 is 4.90 Å². The van der Waals surface area contributed by atoms with Crippen molar-refractivity contribution in [3.05, 3.63) is 175 Å². The Morgan fingerprint density at radius 1 is 0.633 bits per heavy atom. The number of rotatable bonds is 2. The molecule has 9 rings (SSSR count). The number of benzene rings is 5. The zero-order chi connectivity index (χ0) is 33.9. The van der Waals surface area contributed by atoms with E-state index in [2.05, 4.69) is 118 Å². The third kappa shape index (κ3) is 3.86. The highest BCUT2D eigenvalue weighted by Crippen LogP contribution is 2.65. The molecule has 0 bridgehead atoms. The number of Topliss-reactive ketones (excluding diaryl/α,β-unsaturated/α-hetero) is 2. The number of allylic oxidation sites excluding steroid dienone is 1. The molecule has 0 unspecified atom stereocenters. The maximum atomic E-state index is 14.8. The normalized spacial score (nSPS) is 14.9. The number of aryl methyl sites for hydroxylation is 4. The number of nitrogens with zero attached hydrogens (tertiary/aromatic N) is 1. The molecule has 0 radical (unpaired) electrons. The van der Waals surface area contributed by atoms with Crippen LogP contribution in [0.5, 0.6) is 0 Å². The van der Waals surface area contributed by atoms with Gasteiger partial charge in [-0.1, -0.05) is 83.9 Å². The Morgan fingerprint density at radius 3 is 1.80 bits per heavy atom. The average molecular weight is 662 g/mol. The van der Waals surface area contributed by atoms with Crippen LogP contribution in [0.4, 0.5) is 25.2 Å². The van der Waals surface area contributed by atoms with E-state index in [-0.39, 0.29) is 5.57 Å². The highest BCUT2D eigenvalue weighted by molar-refractivity contribution is 7.17. The fourth-order valence-electron chi connectivity index (χ4n) is 8.51. The molecule has 1 aromatic heterocycles. The lowest BCUT2D eigenvalue weighted by atomic mass is 9.65. The van der Waals surface area contributed by atoms with Crippen molar-refractivity contribution in [3.8, 4) is 11.1 Å². The molecule has 3 nitrogen and oxygen atoms in total. The summed E-state index contributed by atoms with van der Waals surface area (Å²) in [5.41, 5.74) is 11.5. The number of anilines is 3. The largest absolute Gasteiger partial charge is 0.301 e. The number of hydrogen-bond donors (Lipinski definition) is 0. The Morgan fingerprint density at radius 2 is 1.20 bits per heavy atom. The molecule has 1 aliphatic heterocycles. The minimum atomic E-state index is -0.899. The number of carbonyl (C=O) groups excluding carboxylic acids is 2. The average Bonchev–Trinajstić information content (AvgIpc) is 3.71. The Bertz CT molecular complexity index is 2410. The van der Waals surface area contributed by atoms with Gasteiger partial charge in [0.25, 0.3) is 0 Å². The minimum Gasteiger partial charge on any atom is -0.301 e. The molecule has 2 aliphatic carbocycles. The number of halogens is 2. The lowest BCUT2D eigenvalue weighted by Gasteiger charge is -2.44. The van der Waals surface area contributed by atoms with Gasteiger partial charge in [0.15, 0.2) is 0 Å². The first-order valence-electron chi connectivity index (χ1n) is 16.2. The van der Waals surface area contributed by atoms with Gasteiger partial charge in [-0.3, -0.25) is 9.59 Å². The van der Waals surface area contributed by atoms with Gasteiger partial charge in [-0.05, 0) is 97.0 Å². The highest BCUT2D eigenvalue weighted by Gasteiger charge is 2.53. The van der Waals surface area contributed by atoms with Crippen molar-refractivity contribution in [1.29, 1.82) is 0 Å². The molecule has 0 N–H and O–H groups in total. The van der Waals surface area contributed by atoms with Crippen molar-refractivity contribution in [2.75, 3.05) is 4.90 Å². The van der Waals surface area contributed by atoms with E-state index in [0.29, 0.717) is 4.88 Å². The van der Waals surface area contributed by atoms with Crippen LogP contribution in [0.1, 0.15) is 70.1 Å². The molecular formula is C43H29F2NO2S. The summed E-state index contributed by atoms with van der Waals surface area (Å²) in [5.74, 6) is -3.39. The number of fused-ring (bicyclic) bond motifs is 10. The molecule has 6 aromatic rings. The van der Waals surface area contributed by atoms with Gasteiger partial charge in [0, 0.05) is 10.4 Å². The number of thiophene rings is 1. The van der Waals surface area contributed by atoms with E-state index in [1.807, 2.05) is 0 Å². The molecule has 6 heteroatoms. The molecule has 0 atom stereocenters. The van der Waals surface area contributed by atoms with E-state index in [0.717, 1.165) is 78.6 Å². The lowest BCUT2D eigenvalue weighted by molar-refractivity contribution is 0.0989. The summed E-state index contributed by atoms with van der Waals surface area (Å²) >= 11 is 1.47. The van der Waals surface area contributed by atoms with Gasteiger partial charge >= 0.3 is 0 Å². The zero-order valence-electron chi connectivity index (χ0n) is 27.2. The van der Waals surface area contributed by atoms with Crippen molar-refractivity contribution >= 4 is 45.4 Å². The predicted molar refractivity (Wildman–Crippen MR) is 192 cm³/mol. The summed E-state index contributed by atoms with van der Waals surface area (Å²) in [6.45, 7) is 8.46. The fraction of sp³-hybridized carbons (Fsp3) is 0.116. The smallest absolute Gasteiger partial charge is 0.200 e. The van der Waals surface area contributed by atoms with E-state index in [1.54, 1.807) is 0 Å². The van der Waals surface area contributed by atoms with Crippen molar-refractivity contribution in [2.24, 2.45) is 0 Å². The number of hydrogen-bond acceptors (Lipinski definition) is 4. The van der Waals surface area contributed by atoms with Crippen LogP contribution in [0, 0.1) is 39.3 Å². The van der Waals surface area contributed by atoms with Gasteiger partial charge in [0.2, 0.25) is 11.6 Å². The lowest BCUT2D eigenvalue weighted by Crippen LogP contribution is -2.35. The van der Waals surface area contributed by atoms with Gasteiger partial charge in [-0.25, -0.2) is 8.78 Å². The summed E-state index contributed by atoms with van der Waals surface area (Å²) < 4.78 is 29.7. The van der Waals surface area contributed by atoms with Crippen LogP contribution in [0.25, 0.3) is 17.2 Å². The maximum absolute atomic E-state index is 14.8. The van der Waals surface area contributed by atoms with Crippen molar-refractivity contribution < 1.29 is 18.4 Å². The Hall–Kier alpha value is -5.46. The second-order valence-corrected chi connectivity index (χ2v) is 14.4. The molecule has 5 aromatic carbocycles. The maximum Gasteiger partial charge on any atom is 0.200 e. The van der Waals surface area contributed by atoms with Crippen molar-refractivity contribution in [2.45, 2.75) is 33.1 Å². The van der Waals surface area contributed by atoms with Crippen LogP contribution in [0.15, 0.2) is 103 Å². The Balaban J connectivity index is 1.39. The van der Waals surface area contributed by atoms with E-state index in [4.69, 9.17) is 0 Å². The van der Waals surface area contributed by atoms with E-state index < -0.39 is 39.7 Å². The van der Waals surface area contributed by atoms with Gasteiger partial charge in [-0.15, -0.1) is 11.3 Å². The zero-order valence-corrected chi connectivity index (χ0v) is 28.1. The number of carbonyl (C=O) groups is 2. The number of ketones is 2. The summed E-state index contributed by atoms with van der Waals surface area (Å²) in [6, 6.07) is 31.9. The predicted octanol–water partition coefficient (Wildman–Crippen LogP) is 10.9. The second-order valence-electron chi connectivity index (χ2n) is 13.3. The molecule has 3 aliphatic rings. The summed E-state index contributed by atoms with van der Waals surface area (Å²) in [5, 5.41) is 0.956. The fourth-order valence-corrected chi connectivity index (χ4v) is 9.69. The van der Waals surface area contributed by atoms with Gasteiger partial charge in [-0.2, -0.15) is 0 Å². The van der Waals surface area contributed by atoms with Crippen LogP contribution < -0.4 is 4.90 Å². The van der Waals surface area contributed by atoms with Crippen LogP contribution >= 0.6 is 11.3 Å². The van der Waals surface area contributed by atoms with E-state index in [1.165, 1.54) is 23.0 Å².